The fourth-order valence-corrected chi connectivity index (χ4v) is 4.52. The Bertz CT molecular complexity index is 580. The molecule has 7 heteroatoms. The third kappa shape index (κ3) is 3.77. The second kappa shape index (κ2) is 6.49. The first kappa shape index (κ1) is 15.9. The van der Waals surface area contributed by atoms with E-state index in [9.17, 15) is 17.2 Å². The number of hydrogen-bond donors (Lipinski definition) is 1. The lowest BCUT2D eigenvalue weighted by molar-refractivity contribution is 0.500. The molecule has 1 saturated carbocycles. The topological polar surface area (TPSA) is 46.2 Å². The van der Waals surface area contributed by atoms with Gasteiger partial charge in [-0.25, -0.2) is 21.9 Å². The number of hydrogen-bond acceptors (Lipinski definition) is 2. The van der Waals surface area contributed by atoms with Gasteiger partial charge in [-0.05, 0) is 31.0 Å². The molecule has 2 unspecified atom stereocenters. The zero-order chi connectivity index (χ0) is 14.8. The van der Waals surface area contributed by atoms with E-state index in [2.05, 4.69) is 20.7 Å². The van der Waals surface area contributed by atoms with Crippen LogP contribution in [-0.4, -0.2) is 19.3 Å². The van der Waals surface area contributed by atoms with Crippen LogP contribution < -0.4 is 4.72 Å². The van der Waals surface area contributed by atoms with Crippen LogP contribution in [0.5, 0.6) is 0 Å². The van der Waals surface area contributed by atoms with Crippen molar-refractivity contribution in [3.8, 4) is 0 Å². The Morgan fingerprint density at radius 1 is 1.10 bits per heavy atom. The molecule has 2 rings (SSSR count). The standard InChI is InChI=1S/C13H16BrF2NO2S/c14-10-4-2-1-3-5-13(10)17-20(18,19)9-6-7-11(15)12(16)8-9/h6-8,10,13,17H,1-5H2. The molecule has 3 nitrogen and oxygen atoms in total. The van der Waals surface area contributed by atoms with Crippen molar-refractivity contribution >= 4 is 26.0 Å². The van der Waals surface area contributed by atoms with E-state index >= 15 is 0 Å². The molecule has 0 heterocycles. The Labute approximate surface area is 125 Å². The van der Waals surface area contributed by atoms with Crippen molar-refractivity contribution in [1.29, 1.82) is 0 Å². The van der Waals surface area contributed by atoms with Crippen molar-refractivity contribution in [3.63, 3.8) is 0 Å². The largest absolute Gasteiger partial charge is 0.240 e. The van der Waals surface area contributed by atoms with E-state index < -0.39 is 21.7 Å². The number of sulfonamides is 1. The SMILES string of the molecule is O=S(=O)(NC1CCCCCC1Br)c1ccc(F)c(F)c1. The van der Waals surface area contributed by atoms with Gasteiger partial charge in [-0.15, -0.1) is 0 Å². The molecule has 0 saturated heterocycles. The lowest BCUT2D eigenvalue weighted by atomic mass is 10.1. The van der Waals surface area contributed by atoms with Crippen LogP contribution in [0.2, 0.25) is 0 Å². The molecular formula is C13H16BrF2NO2S. The molecule has 112 valence electrons. The summed E-state index contributed by atoms with van der Waals surface area (Å²) in [4.78, 5) is -0.189. The molecule has 1 aliphatic carbocycles. The molecule has 2 atom stereocenters. The quantitative estimate of drug-likeness (QED) is 0.657. The van der Waals surface area contributed by atoms with Crippen molar-refractivity contribution in [2.75, 3.05) is 0 Å². The van der Waals surface area contributed by atoms with Crippen molar-refractivity contribution in [2.45, 2.75) is 47.9 Å². The monoisotopic (exact) mass is 367 g/mol. The van der Waals surface area contributed by atoms with Gasteiger partial charge < -0.3 is 0 Å². The fraction of sp³-hybridized carbons (Fsp3) is 0.538. The summed E-state index contributed by atoms with van der Waals surface area (Å²) in [5, 5.41) is 0. The maximum absolute atomic E-state index is 13.2. The number of alkyl halides is 1. The smallest absolute Gasteiger partial charge is 0.207 e. The zero-order valence-electron chi connectivity index (χ0n) is 10.8. The first-order valence-corrected chi connectivity index (χ1v) is 8.91. The highest BCUT2D eigenvalue weighted by atomic mass is 79.9. The second-order valence-corrected chi connectivity index (χ2v) is 7.85. The summed E-state index contributed by atoms with van der Waals surface area (Å²) in [6.45, 7) is 0. The van der Waals surface area contributed by atoms with Gasteiger partial charge in [0.2, 0.25) is 10.0 Å². The number of benzene rings is 1. The van der Waals surface area contributed by atoms with E-state index in [-0.39, 0.29) is 15.8 Å². The fourth-order valence-electron chi connectivity index (χ4n) is 2.31. The van der Waals surface area contributed by atoms with E-state index in [1.165, 1.54) is 0 Å². The van der Waals surface area contributed by atoms with Crippen LogP contribution in [0.15, 0.2) is 23.1 Å². The van der Waals surface area contributed by atoms with E-state index in [0.717, 1.165) is 44.2 Å². The Morgan fingerprint density at radius 3 is 2.50 bits per heavy atom. The minimum Gasteiger partial charge on any atom is -0.207 e. The third-order valence-electron chi connectivity index (χ3n) is 3.44. The van der Waals surface area contributed by atoms with Crippen LogP contribution in [0.25, 0.3) is 0 Å². The summed E-state index contributed by atoms with van der Waals surface area (Å²) in [5.41, 5.74) is 0. The lowest BCUT2D eigenvalue weighted by Crippen LogP contribution is -2.40. The lowest BCUT2D eigenvalue weighted by Gasteiger charge is -2.21. The van der Waals surface area contributed by atoms with Gasteiger partial charge in [0.1, 0.15) is 0 Å². The average molecular weight is 368 g/mol. The second-order valence-electron chi connectivity index (χ2n) is 4.96. The van der Waals surface area contributed by atoms with Gasteiger partial charge in [-0.3, -0.25) is 0 Å². The summed E-state index contributed by atoms with van der Waals surface area (Å²) < 4.78 is 53.0. The molecule has 1 aromatic carbocycles. The molecule has 0 bridgehead atoms. The van der Waals surface area contributed by atoms with Gasteiger partial charge in [-0.2, -0.15) is 0 Å². The number of halogens is 3. The van der Waals surface area contributed by atoms with Crippen LogP contribution in [0.1, 0.15) is 32.1 Å². The molecule has 1 aliphatic rings. The molecule has 20 heavy (non-hydrogen) atoms. The Balaban J connectivity index is 2.19. The summed E-state index contributed by atoms with van der Waals surface area (Å²) in [6, 6.07) is 2.37. The third-order valence-corrected chi connectivity index (χ3v) is 6.02. The van der Waals surface area contributed by atoms with Crippen LogP contribution in [0.3, 0.4) is 0 Å². The zero-order valence-corrected chi connectivity index (χ0v) is 13.2. The van der Waals surface area contributed by atoms with Crippen LogP contribution in [0.4, 0.5) is 8.78 Å². The average Bonchev–Trinajstić information content (AvgIpc) is 2.58. The Morgan fingerprint density at radius 2 is 1.80 bits per heavy atom. The first-order valence-electron chi connectivity index (χ1n) is 6.51. The van der Waals surface area contributed by atoms with Gasteiger partial charge in [0.05, 0.1) is 4.90 Å². The molecule has 0 aliphatic heterocycles. The number of nitrogens with one attached hydrogen (secondary N) is 1. The summed E-state index contributed by atoms with van der Waals surface area (Å²) in [5.74, 6) is -2.22. The minimum atomic E-state index is -3.83. The predicted octanol–water partition coefficient (Wildman–Crippen LogP) is 3.34. The van der Waals surface area contributed by atoms with Crippen LogP contribution in [-0.2, 0) is 10.0 Å². The molecule has 1 fully saturated rings. The summed E-state index contributed by atoms with van der Waals surface area (Å²) in [7, 11) is -3.83. The van der Waals surface area contributed by atoms with Crippen LogP contribution in [0, 0.1) is 11.6 Å². The maximum atomic E-state index is 13.2. The van der Waals surface area contributed by atoms with E-state index in [0.29, 0.717) is 6.07 Å². The Hall–Kier alpha value is -0.530. The summed E-state index contributed by atoms with van der Waals surface area (Å²) >= 11 is 3.49. The van der Waals surface area contributed by atoms with E-state index in [1.54, 1.807) is 0 Å². The minimum absolute atomic E-state index is 0.0603. The number of rotatable bonds is 3. The Kier molecular flexibility index (Phi) is 5.14. The van der Waals surface area contributed by atoms with Gasteiger partial charge in [0, 0.05) is 10.9 Å². The van der Waals surface area contributed by atoms with Crippen LogP contribution >= 0.6 is 15.9 Å². The van der Waals surface area contributed by atoms with E-state index in [1.807, 2.05) is 0 Å². The molecule has 0 aromatic heterocycles. The highest BCUT2D eigenvalue weighted by molar-refractivity contribution is 9.09. The van der Waals surface area contributed by atoms with Gasteiger partial charge in [0.15, 0.2) is 11.6 Å². The van der Waals surface area contributed by atoms with Crippen molar-refractivity contribution in [1.82, 2.24) is 4.72 Å². The molecule has 0 radical (unpaired) electrons. The van der Waals surface area contributed by atoms with Crippen molar-refractivity contribution in [3.05, 3.63) is 29.8 Å². The molecule has 0 spiro atoms. The molecule has 1 aromatic rings. The van der Waals surface area contributed by atoms with Crippen molar-refractivity contribution in [2.24, 2.45) is 0 Å². The van der Waals surface area contributed by atoms with Gasteiger partial charge >= 0.3 is 0 Å². The predicted molar refractivity (Wildman–Crippen MR) is 76.3 cm³/mol. The highest BCUT2D eigenvalue weighted by Gasteiger charge is 2.27. The molecular weight excluding hydrogens is 352 g/mol. The van der Waals surface area contributed by atoms with Gasteiger partial charge in [0.25, 0.3) is 0 Å². The van der Waals surface area contributed by atoms with E-state index in [4.69, 9.17) is 0 Å². The maximum Gasteiger partial charge on any atom is 0.240 e. The first-order chi connectivity index (χ1) is 9.40. The molecule has 1 N–H and O–H groups in total. The normalized spacial score (nSPS) is 24.4. The van der Waals surface area contributed by atoms with Gasteiger partial charge in [-0.1, -0.05) is 35.2 Å². The molecule has 0 amide bonds. The summed E-state index contributed by atoms with van der Waals surface area (Å²) in [6.07, 6.45) is 4.71. The highest BCUT2D eigenvalue weighted by Crippen LogP contribution is 2.25. The van der Waals surface area contributed by atoms with Crippen molar-refractivity contribution < 1.29 is 17.2 Å².